The van der Waals surface area contributed by atoms with Crippen LogP contribution in [0.3, 0.4) is 0 Å². The van der Waals surface area contributed by atoms with E-state index in [1.54, 1.807) is 24.0 Å². The van der Waals surface area contributed by atoms with Crippen molar-refractivity contribution < 1.29 is 9.52 Å². The van der Waals surface area contributed by atoms with Crippen LogP contribution < -0.4 is 5.43 Å². The molecule has 0 amide bonds. The van der Waals surface area contributed by atoms with E-state index in [1.807, 2.05) is 25.1 Å². The lowest BCUT2D eigenvalue weighted by molar-refractivity contribution is 0.269. The highest BCUT2D eigenvalue weighted by Gasteiger charge is 2.14. The molecule has 0 unspecified atom stereocenters. The number of aromatic nitrogens is 2. The second-order valence-electron chi connectivity index (χ2n) is 5.10. The van der Waals surface area contributed by atoms with E-state index in [4.69, 9.17) is 9.52 Å². The fourth-order valence-corrected chi connectivity index (χ4v) is 2.38. The summed E-state index contributed by atoms with van der Waals surface area (Å²) in [5, 5.41) is 13.7. The predicted octanol–water partition coefficient (Wildman–Crippen LogP) is 2.27. The van der Waals surface area contributed by atoms with E-state index in [-0.39, 0.29) is 12.0 Å². The van der Waals surface area contributed by atoms with Gasteiger partial charge in [-0.15, -0.1) is 0 Å². The summed E-state index contributed by atoms with van der Waals surface area (Å²) >= 11 is 0. The van der Waals surface area contributed by atoms with E-state index in [0.717, 1.165) is 11.1 Å². The van der Waals surface area contributed by atoms with Gasteiger partial charge in [0, 0.05) is 11.8 Å². The van der Waals surface area contributed by atoms with Gasteiger partial charge in [0.15, 0.2) is 5.43 Å². The maximum atomic E-state index is 12.5. The van der Waals surface area contributed by atoms with Crippen LogP contribution in [0.2, 0.25) is 0 Å². The molecule has 1 N–H and O–H groups in total. The lowest BCUT2D eigenvalue weighted by Gasteiger charge is -2.05. The first-order chi connectivity index (χ1) is 10.1. The molecule has 0 saturated heterocycles. The second kappa shape index (κ2) is 5.18. The number of aliphatic hydroxyl groups excluding tert-OH is 1. The molecule has 21 heavy (non-hydrogen) atoms. The summed E-state index contributed by atoms with van der Waals surface area (Å²) < 4.78 is 7.51. The minimum absolute atomic E-state index is 0.0149. The van der Waals surface area contributed by atoms with Crippen molar-refractivity contribution in [1.29, 1.82) is 0 Å². The summed E-state index contributed by atoms with van der Waals surface area (Å²) in [4.78, 5) is 12.5. The van der Waals surface area contributed by atoms with E-state index in [1.165, 1.54) is 0 Å². The number of benzene rings is 1. The Labute approximate surface area is 121 Å². The molecule has 0 aliphatic heterocycles. The molecule has 0 bridgehead atoms. The Morgan fingerprint density at radius 3 is 2.90 bits per heavy atom. The molecule has 0 saturated carbocycles. The topological polar surface area (TPSA) is 68.3 Å². The van der Waals surface area contributed by atoms with Crippen LogP contribution in [-0.4, -0.2) is 21.5 Å². The maximum Gasteiger partial charge on any atom is 0.196 e. The molecule has 0 fully saturated rings. The number of aryl methyl sites for hydroxylation is 1. The zero-order valence-electron chi connectivity index (χ0n) is 12.0. The second-order valence-corrected chi connectivity index (χ2v) is 5.10. The Balaban J connectivity index is 2.20. The molecular weight excluding hydrogens is 268 g/mol. The Kier molecular flexibility index (Phi) is 3.35. The Morgan fingerprint density at radius 2 is 2.14 bits per heavy atom. The van der Waals surface area contributed by atoms with E-state index in [0.29, 0.717) is 28.8 Å². The molecule has 2 aromatic heterocycles. The Bertz CT molecular complexity index is 862. The van der Waals surface area contributed by atoms with Gasteiger partial charge in [-0.1, -0.05) is 11.6 Å². The van der Waals surface area contributed by atoms with Gasteiger partial charge in [-0.25, -0.2) is 0 Å². The summed E-state index contributed by atoms with van der Waals surface area (Å²) in [6.07, 6.45) is 3.41. The highest BCUT2D eigenvalue weighted by atomic mass is 16.3. The van der Waals surface area contributed by atoms with Gasteiger partial charge >= 0.3 is 0 Å². The summed E-state index contributed by atoms with van der Waals surface area (Å²) in [6, 6.07) is 5.57. The van der Waals surface area contributed by atoms with Gasteiger partial charge < -0.3 is 9.52 Å². The molecule has 108 valence electrons. The van der Waals surface area contributed by atoms with Crippen LogP contribution in [0.1, 0.15) is 11.1 Å². The molecule has 3 rings (SSSR count). The van der Waals surface area contributed by atoms with Crippen LogP contribution in [0.5, 0.6) is 0 Å². The normalized spacial score (nSPS) is 11.2. The van der Waals surface area contributed by atoms with Crippen LogP contribution in [0.25, 0.3) is 22.3 Å². The molecule has 0 radical (unpaired) electrons. The van der Waals surface area contributed by atoms with Crippen LogP contribution in [-0.2, 0) is 6.54 Å². The number of hydrogen-bond acceptors (Lipinski definition) is 4. The highest BCUT2D eigenvalue weighted by molar-refractivity contribution is 5.80. The fraction of sp³-hybridized carbons (Fsp3) is 0.250. The molecule has 5 nitrogen and oxygen atoms in total. The quantitative estimate of drug-likeness (QED) is 0.801. The van der Waals surface area contributed by atoms with Crippen molar-refractivity contribution in [2.24, 2.45) is 0 Å². The summed E-state index contributed by atoms with van der Waals surface area (Å²) in [7, 11) is 0. The van der Waals surface area contributed by atoms with Crippen molar-refractivity contribution in [3.63, 3.8) is 0 Å². The average molecular weight is 284 g/mol. The first-order valence-corrected chi connectivity index (χ1v) is 6.78. The Morgan fingerprint density at radius 1 is 1.33 bits per heavy atom. The summed E-state index contributed by atoms with van der Waals surface area (Å²) in [5.74, 6) is 0.528. The van der Waals surface area contributed by atoms with Gasteiger partial charge in [0.05, 0.1) is 30.3 Å². The molecule has 1 aromatic carbocycles. The number of nitrogens with zero attached hydrogens (tertiary/aromatic N) is 2. The zero-order chi connectivity index (χ0) is 15.0. The molecule has 0 atom stereocenters. The predicted molar refractivity (Wildman–Crippen MR) is 80.3 cm³/mol. The van der Waals surface area contributed by atoms with Crippen LogP contribution in [0.4, 0.5) is 0 Å². The molecule has 2 heterocycles. The monoisotopic (exact) mass is 284 g/mol. The van der Waals surface area contributed by atoms with E-state index in [9.17, 15) is 4.79 Å². The largest absolute Gasteiger partial charge is 0.455 e. The van der Waals surface area contributed by atoms with Gasteiger partial charge in [-0.3, -0.25) is 9.48 Å². The van der Waals surface area contributed by atoms with E-state index < -0.39 is 0 Å². The number of fused-ring (bicyclic) bond motifs is 1. The van der Waals surface area contributed by atoms with E-state index in [2.05, 4.69) is 5.10 Å². The smallest absolute Gasteiger partial charge is 0.196 e. The van der Waals surface area contributed by atoms with Gasteiger partial charge in [-0.05, 0) is 26.0 Å². The van der Waals surface area contributed by atoms with Crippen molar-refractivity contribution in [3.05, 3.63) is 51.9 Å². The first kappa shape index (κ1) is 13.6. The maximum absolute atomic E-state index is 12.5. The van der Waals surface area contributed by atoms with Crippen molar-refractivity contribution in [2.75, 3.05) is 6.61 Å². The molecule has 0 spiro atoms. The summed E-state index contributed by atoms with van der Waals surface area (Å²) in [6.45, 7) is 4.13. The average Bonchev–Trinajstić information content (AvgIpc) is 2.92. The van der Waals surface area contributed by atoms with Gasteiger partial charge in [-0.2, -0.15) is 5.10 Å². The Hall–Kier alpha value is -2.40. The fourth-order valence-electron chi connectivity index (χ4n) is 2.38. The van der Waals surface area contributed by atoms with Crippen molar-refractivity contribution in [3.8, 4) is 11.3 Å². The van der Waals surface area contributed by atoms with Gasteiger partial charge in [0.2, 0.25) is 0 Å². The van der Waals surface area contributed by atoms with Crippen LogP contribution in [0.15, 0.2) is 39.8 Å². The van der Waals surface area contributed by atoms with Crippen molar-refractivity contribution in [1.82, 2.24) is 9.78 Å². The molecule has 3 aromatic rings. The number of hydrogen-bond donors (Lipinski definition) is 1. The zero-order valence-corrected chi connectivity index (χ0v) is 12.0. The highest BCUT2D eigenvalue weighted by Crippen LogP contribution is 2.25. The third kappa shape index (κ3) is 2.36. The minimum atomic E-state index is -0.0233. The van der Waals surface area contributed by atoms with Crippen molar-refractivity contribution >= 4 is 11.0 Å². The lowest BCUT2D eigenvalue weighted by Crippen LogP contribution is -2.07. The SMILES string of the molecule is Cc1ccc2oc(-c3cnn(CCO)c3)c(C)c(=O)c2c1. The molecule has 5 heteroatoms. The van der Waals surface area contributed by atoms with Crippen molar-refractivity contribution in [2.45, 2.75) is 20.4 Å². The van der Waals surface area contributed by atoms with Gasteiger partial charge in [0.1, 0.15) is 11.3 Å². The lowest BCUT2D eigenvalue weighted by atomic mass is 10.1. The van der Waals surface area contributed by atoms with E-state index >= 15 is 0 Å². The van der Waals surface area contributed by atoms with Crippen LogP contribution >= 0.6 is 0 Å². The molecular formula is C16H16N2O3. The summed E-state index contributed by atoms with van der Waals surface area (Å²) in [5.41, 5.74) is 2.88. The molecule has 0 aliphatic carbocycles. The number of aliphatic hydroxyl groups is 1. The van der Waals surface area contributed by atoms with Gasteiger partial charge in [0.25, 0.3) is 0 Å². The standard InChI is InChI=1S/C16H16N2O3/c1-10-3-4-14-13(7-10)15(20)11(2)16(21-14)12-8-17-18(9-12)5-6-19/h3-4,7-9,19H,5-6H2,1-2H3. The van der Waals surface area contributed by atoms with Crippen LogP contribution in [0, 0.1) is 13.8 Å². The third-order valence-corrected chi connectivity index (χ3v) is 3.50. The third-order valence-electron chi connectivity index (χ3n) is 3.50. The number of rotatable bonds is 3. The molecule has 0 aliphatic rings. The minimum Gasteiger partial charge on any atom is -0.455 e. The first-order valence-electron chi connectivity index (χ1n) is 6.78.